The predicted molar refractivity (Wildman–Crippen MR) is 234 cm³/mol. The largest absolute Gasteiger partial charge is 0.522 e. The van der Waals surface area contributed by atoms with Gasteiger partial charge in [-0.2, -0.15) is 0 Å². The summed E-state index contributed by atoms with van der Waals surface area (Å²) in [5.74, 6) is 0. The normalized spacial score (nSPS) is 14.3. The molecule has 0 bridgehead atoms. The highest BCUT2D eigenvalue weighted by Gasteiger charge is 2.70. The lowest BCUT2D eigenvalue weighted by Crippen LogP contribution is -2.76. The molecular weight excluding hydrogens is 717 g/mol. The summed E-state index contributed by atoms with van der Waals surface area (Å²) in [6.07, 6.45) is 7.81. The van der Waals surface area contributed by atoms with Crippen LogP contribution >= 0.6 is 0 Å². The Morgan fingerprint density at radius 3 is 0.737 bits per heavy atom. The van der Waals surface area contributed by atoms with E-state index in [1.807, 2.05) is 24.8 Å². The van der Waals surface area contributed by atoms with Crippen LogP contribution in [0.2, 0.25) is 0 Å². The minimum atomic E-state index is -3.81. The summed E-state index contributed by atoms with van der Waals surface area (Å²) in [4.78, 5) is 19.6. The molecule has 0 amide bonds. The van der Waals surface area contributed by atoms with Crippen molar-refractivity contribution in [1.29, 1.82) is 0 Å². The number of hydrogen-bond acceptors (Lipinski definition) is 8. The van der Waals surface area contributed by atoms with Gasteiger partial charge in [0.25, 0.3) is 0 Å². The van der Waals surface area contributed by atoms with Gasteiger partial charge < -0.3 is 18.3 Å². The topological polar surface area (TPSA) is 64.5 Å². The molecule has 57 heavy (non-hydrogen) atoms. The standard InChI is InChI=1S/C48H32N8Si/c1-5-17-37-33(13-1)41(25-29-49-37)53-45-21-9-10-22-46(45)54(42-26-30-50-38-18-6-2-14-34(38)42)57(53)55(43-27-31-51-39-19-7-3-15-35(39)43)47-23-11-12-24-48(47)56(57)44-28-32-52-40-20-8-4-16-36(40)44/h1-32H. The summed E-state index contributed by atoms with van der Waals surface area (Å²) in [6, 6.07) is 60.5. The highest BCUT2D eigenvalue weighted by atomic mass is 28.4. The number of benzene rings is 6. The molecule has 6 aromatic carbocycles. The maximum Gasteiger partial charge on any atom is 0.522 e. The van der Waals surface area contributed by atoms with E-state index in [2.05, 4.69) is 188 Å². The molecule has 0 N–H and O–H groups in total. The minimum Gasteiger partial charge on any atom is -0.313 e. The molecule has 0 radical (unpaired) electrons. The van der Waals surface area contributed by atoms with Gasteiger partial charge in [0.2, 0.25) is 0 Å². The minimum absolute atomic E-state index is 0.932. The smallest absolute Gasteiger partial charge is 0.313 e. The van der Waals surface area contributed by atoms with Crippen molar-refractivity contribution in [2.24, 2.45) is 0 Å². The van der Waals surface area contributed by atoms with Gasteiger partial charge in [0, 0.05) is 69.1 Å². The fourth-order valence-electron chi connectivity index (χ4n) is 9.20. The summed E-state index contributed by atoms with van der Waals surface area (Å²) in [6.45, 7) is 0. The third kappa shape index (κ3) is 4.37. The number of rotatable bonds is 4. The molecule has 6 heterocycles. The second-order valence-corrected chi connectivity index (χ2v) is 17.3. The first-order valence-corrected chi connectivity index (χ1v) is 20.9. The van der Waals surface area contributed by atoms with E-state index in [0.29, 0.717) is 0 Å². The van der Waals surface area contributed by atoms with Crippen molar-refractivity contribution in [3.8, 4) is 0 Å². The molecule has 10 aromatic rings. The van der Waals surface area contributed by atoms with Crippen LogP contribution in [0.25, 0.3) is 43.6 Å². The average Bonchev–Trinajstić information content (AvgIpc) is 3.73. The van der Waals surface area contributed by atoms with Gasteiger partial charge in [0.1, 0.15) is 0 Å². The van der Waals surface area contributed by atoms with E-state index in [4.69, 9.17) is 19.9 Å². The predicted octanol–water partition coefficient (Wildman–Crippen LogP) is 11.6. The molecule has 2 aliphatic rings. The van der Waals surface area contributed by atoms with E-state index >= 15 is 0 Å². The number of para-hydroxylation sites is 8. The fraction of sp³-hybridized carbons (Fsp3) is 0. The van der Waals surface area contributed by atoms with Crippen molar-refractivity contribution in [2.75, 3.05) is 18.3 Å². The third-order valence-corrected chi connectivity index (χ3v) is 15.7. The van der Waals surface area contributed by atoms with E-state index in [1.165, 1.54) is 0 Å². The van der Waals surface area contributed by atoms with Crippen molar-refractivity contribution < 1.29 is 0 Å². The molecule has 8 nitrogen and oxygen atoms in total. The molecular formula is C48H32N8Si. The molecule has 12 rings (SSSR count). The lowest BCUT2D eigenvalue weighted by Gasteiger charge is -2.50. The molecule has 268 valence electrons. The Bertz CT molecular complexity index is 2770. The summed E-state index contributed by atoms with van der Waals surface area (Å²) < 4.78 is 10.6. The van der Waals surface area contributed by atoms with Gasteiger partial charge in [-0.05, 0) is 72.8 Å². The SMILES string of the molecule is c1ccc2c(c1)N(c1ccnc3ccccc13)[Si]1(N2c2ccnc3ccccc23)N(c2ccnc3ccccc23)c2ccccc2N1c1ccnc2ccccc12. The molecule has 0 aliphatic carbocycles. The number of fused-ring (bicyclic) bond motifs is 6. The van der Waals surface area contributed by atoms with Gasteiger partial charge in [0.05, 0.1) is 44.8 Å². The Hall–Kier alpha value is -7.62. The summed E-state index contributed by atoms with van der Waals surface area (Å²) in [5.41, 5.74) is 12.4. The first kappa shape index (κ1) is 31.7. The van der Waals surface area contributed by atoms with Crippen molar-refractivity contribution >= 4 is 97.8 Å². The van der Waals surface area contributed by atoms with Gasteiger partial charge in [-0.3, -0.25) is 19.9 Å². The number of aromatic nitrogens is 4. The zero-order chi connectivity index (χ0) is 37.5. The zero-order valence-electron chi connectivity index (χ0n) is 30.6. The second kappa shape index (κ2) is 12.2. The summed E-state index contributed by atoms with van der Waals surface area (Å²) >= 11 is 0. The van der Waals surface area contributed by atoms with E-state index in [0.717, 1.165) is 89.1 Å². The molecule has 2 aliphatic heterocycles. The van der Waals surface area contributed by atoms with E-state index in [1.54, 1.807) is 0 Å². The average molecular weight is 749 g/mol. The lowest BCUT2D eigenvalue weighted by atomic mass is 10.1. The maximum atomic E-state index is 4.90. The van der Waals surface area contributed by atoms with Gasteiger partial charge in [-0.1, -0.05) is 97.1 Å². The van der Waals surface area contributed by atoms with Crippen molar-refractivity contribution in [2.45, 2.75) is 0 Å². The van der Waals surface area contributed by atoms with Crippen LogP contribution in [-0.2, 0) is 0 Å². The van der Waals surface area contributed by atoms with Crippen LogP contribution in [0.4, 0.5) is 45.5 Å². The van der Waals surface area contributed by atoms with Gasteiger partial charge in [-0.15, -0.1) is 0 Å². The molecule has 0 fully saturated rings. The van der Waals surface area contributed by atoms with Crippen LogP contribution < -0.4 is 18.3 Å². The van der Waals surface area contributed by atoms with Crippen LogP contribution in [0.15, 0.2) is 195 Å². The zero-order valence-corrected chi connectivity index (χ0v) is 31.6. The molecule has 4 aromatic heterocycles. The Kier molecular flexibility index (Phi) is 6.78. The van der Waals surface area contributed by atoms with Crippen molar-refractivity contribution in [3.63, 3.8) is 0 Å². The number of nitrogens with zero attached hydrogens (tertiary/aromatic N) is 8. The van der Waals surface area contributed by atoms with E-state index < -0.39 is 8.72 Å². The summed E-state index contributed by atoms with van der Waals surface area (Å²) in [7, 11) is -3.81. The Morgan fingerprint density at radius 1 is 0.246 bits per heavy atom. The molecule has 0 saturated carbocycles. The number of anilines is 8. The molecule has 0 unspecified atom stereocenters. The number of hydrogen-bond donors (Lipinski definition) is 0. The van der Waals surface area contributed by atoms with Gasteiger partial charge in [-0.25, -0.2) is 0 Å². The van der Waals surface area contributed by atoms with Crippen LogP contribution in [0.5, 0.6) is 0 Å². The second-order valence-electron chi connectivity index (χ2n) is 14.3. The Balaban J connectivity index is 1.33. The van der Waals surface area contributed by atoms with Gasteiger partial charge in [0.15, 0.2) is 0 Å². The third-order valence-electron chi connectivity index (χ3n) is 11.4. The van der Waals surface area contributed by atoms with Crippen LogP contribution in [-0.4, -0.2) is 28.7 Å². The van der Waals surface area contributed by atoms with Crippen LogP contribution in [0.1, 0.15) is 0 Å². The fourth-order valence-corrected chi connectivity index (χ4v) is 14.5. The highest BCUT2D eigenvalue weighted by molar-refractivity contribution is 7.00. The monoisotopic (exact) mass is 748 g/mol. The summed E-state index contributed by atoms with van der Waals surface area (Å²) in [5, 5.41) is 4.27. The molecule has 0 saturated heterocycles. The maximum absolute atomic E-state index is 4.90. The number of pyridine rings is 4. The Labute approximate surface area is 329 Å². The van der Waals surface area contributed by atoms with Crippen molar-refractivity contribution in [1.82, 2.24) is 19.9 Å². The molecule has 9 heteroatoms. The molecule has 0 atom stereocenters. The lowest BCUT2D eigenvalue weighted by molar-refractivity contribution is 1.18. The first-order valence-electron chi connectivity index (χ1n) is 19.1. The van der Waals surface area contributed by atoms with Gasteiger partial charge >= 0.3 is 8.72 Å². The van der Waals surface area contributed by atoms with Crippen molar-refractivity contribution in [3.05, 3.63) is 195 Å². The Morgan fingerprint density at radius 2 is 0.474 bits per heavy atom. The highest BCUT2D eigenvalue weighted by Crippen LogP contribution is 2.63. The quantitative estimate of drug-likeness (QED) is 0.165. The van der Waals surface area contributed by atoms with E-state index in [9.17, 15) is 0 Å². The van der Waals surface area contributed by atoms with E-state index in [-0.39, 0.29) is 0 Å². The van der Waals surface area contributed by atoms with Crippen LogP contribution in [0.3, 0.4) is 0 Å². The molecule has 1 spiro atoms. The first-order chi connectivity index (χ1) is 28.3. The van der Waals surface area contributed by atoms with Crippen LogP contribution in [0, 0.1) is 0 Å².